The Bertz CT molecular complexity index is 1070. The van der Waals surface area contributed by atoms with Gasteiger partial charge in [-0.15, -0.1) is 0 Å². The zero-order valence-corrected chi connectivity index (χ0v) is 16.1. The Hall–Kier alpha value is -4.20. The predicted molar refractivity (Wildman–Crippen MR) is 112 cm³/mol. The molecule has 30 heavy (non-hydrogen) atoms. The van der Waals surface area contributed by atoms with Gasteiger partial charge < -0.3 is 9.47 Å². The fourth-order valence-corrected chi connectivity index (χ4v) is 2.61. The van der Waals surface area contributed by atoms with Gasteiger partial charge in [-0.3, -0.25) is 14.9 Å². The van der Waals surface area contributed by atoms with Crippen molar-refractivity contribution in [3.63, 3.8) is 0 Å². The molecule has 0 aliphatic rings. The molecule has 0 fully saturated rings. The minimum atomic E-state index is -0.561. The van der Waals surface area contributed by atoms with Gasteiger partial charge in [-0.05, 0) is 35.4 Å². The van der Waals surface area contributed by atoms with E-state index < -0.39 is 10.8 Å². The van der Waals surface area contributed by atoms with Crippen molar-refractivity contribution in [2.75, 3.05) is 7.11 Å². The largest absolute Gasteiger partial charge is 0.493 e. The Labute approximate surface area is 172 Å². The van der Waals surface area contributed by atoms with Crippen LogP contribution in [0.1, 0.15) is 21.5 Å². The number of amides is 1. The summed E-state index contributed by atoms with van der Waals surface area (Å²) < 4.78 is 11.2. The van der Waals surface area contributed by atoms with Gasteiger partial charge in [0, 0.05) is 17.7 Å². The molecule has 3 aromatic carbocycles. The molecule has 0 spiro atoms. The minimum absolute atomic E-state index is 0.142. The van der Waals surface area contributed by atoms with Gasteiger partial charge >= 0.3 is 0 Å². The highest BCUT2D eigenvalue weighted by Crippen LogP contribution is 2.28. The Kier molecular flexibility index (Phi) is 6.73. The van der Waals surface area contributed by atoms with E-state index in [1.54, 1.807) is 25.3 Å². The number of hydrazone groups is 1. The monoisotopic (exact) mass is 405 g/mol. The molecule has 3 aromatic rings. The van der Waals surface area contributed by atoms with Crippen LogP contribution in [0.2, 0.25) is 0 Å². The lowest BCUT2D eigenvalue weighted by Crippen LogP contribution is -2.17. The minimum Gasteiger partial charge on any atom is -0.493 e. The lowest BCUT2D eigenvalue weighted by atomic mass is 10.2. The number of rotatable bonds is 8. The van der Waals surface area contributed by atoms with Crippen LogP contribution in [0.25, 0.3) is 0 Å². The quantitative estimate of drug-likeness (QED) is 0.347. The van der Waals surface area contributed by atoms with E-state index in [1.165, 1.54) is 30.5 Å². The summed E-state index contributed by atoms with van der Waals surface area (Å²) in [4.78, 5) is 22.4. The fraction of sp³-hybridized carbons (Fsp3) is 0.0909. The predicted octanol–water partition coefficient (Wildman–Crippen LogP) is 3.95. The topological polar surface area (TPSA) is 103 Å². The van der Waals surface area contributed by atoms with Gasteiger partial charge in [0.25, 0.3) is 11.6 Å². The average molecular weight is 405 g/mol. The number of nitro benzene ring substituents is 1. The number of methoxy groups -OCH3 is 1. The van der Waals surface area contributed by atoms with Crippen molar-refractivity contribution in [2.24, 2.45) is 5.10 Å². The van der Waals surface area contributed by atoms with Crippen molar-refractivity contribution in [3.05, 3.63) is 99.6 Å². The maximum absolute atomic E-state index is 12.1. The van der Waals surface area contributed by atoms with Crippen molar-refractivity contribution >= 4 is 17.8 Å². The third kappa shape index (κ3) is 5.41. The number of ether oxygens (including phenoxy) is 2. The second-order valence-electron chi connectivity index (χ2n) is 6.19. The van der Waals surface area contributed by atoms with Crippen LogP contribution in [-0.2, 0) is 6.61 Å². The van der Waals surface area contributed by atoms with E-state index in [9.17, 15) is 14.9 Å². The number of nitro groups is 1. The average Bonchev–Trinajstić information content (AvgIpc) is 2.78. The summed E-state index contributed by atoms with van der Waals surface area (Å²) in [6.07, 6.45) is 1.45. The van der Waals surface area contributed by atoms with Crippen LogP contribution < -0.4 is 14.9 Å². The van der Waals surface area contributed by atoms with Crippen LogP contribution in [0, 0.1) is 10.1 Å². The van der Waals surface area contributed by atoms with Gasteiger partial charge in [0.05, 0.1) is 18.2 Å². The lowest BCUT2D eigenvalue weighted by Gasteiger charge is -2.11. The van der Waals surface area contributed by atoms with E-state index in [1.807, 2.05) is 30.3 Å². The maximum Gasteiger partial charge on any atom is 0.271 e. The maximum atomic E-state index is 12.1. The van der Waals surface area contributed by atoms with Gasteiger partial charge in [0.2, 0.25) is 0 Å². The summed E-state index contributed by atoms with van der Waals surface area (Å²) >= 11 is 0. The molecular formula is C22H19N3O5. The van der Waals surface area contributed by atoms with E-state index in [0.29, 0.717) is 23.7 Å². The second-order valence-corrected chi connectivity index (χ2v) is 6.19. The van der Waals surface area contributed by atoms with Crippen molar-refractivity contribution in [3.8, 4) is 11.5 Å². The Morgan fingerprint density at radius 1 is 1.07 bits per heavy atom. The number of nitrogens with zero attached hydrogens (tertiary/aromatic N) is 2. The van der Waals surface area contributed by atoms with Crippen LogP contribution in [0.5, 0.6) is 11.5 Å². The SMILES string of the molecule is COc1ccc(/C=N\NC(=O)c2cccc([N+](=O)[O-])c2)cc1OCc1ccccc1. The van der Waals surface area contributed by atoms with Gasteiger partial charge in [-0.25, -0.2) is 5.43 Å². The number of carbonyl (C=O) groups excluding carboxylic acids is 1. The van der Waals surface area contributed by atoms with Gasteiger partial charge in [0.1, 0.15) is 6.61 Å². The summed E-state index contributed by atoms with van der Waals surface area (Å²) in [5, 5.41) is 14.7. The molecule has 0 aliphatic carbocycles. The van der Waals surface area contributed by atoms with Gasteiger partial charge in [0.15, 0.2) is 11.5 Å². The fourth-order valence-electron chi connectivity index (χ4n) is 2.61. The summed E-state index contributed by atoms with van der Waals surface area (Å²) in [6, 6.07) is 20.4. The third-order valence-corrected chi connectivity index (χ3v) is 4.12. The molecule has 3 rings (SSSR count). The first-order chi connectivity index (χ1) is 14.6. The van der Waals surface area contributed by atoms with Crippen molar-refractivity contribution in [1.82, 2.24) is 5.43 Å². The summed E-state index contributed by atoms with van der Waals surface area (Å²) in [7, 11) is 1.55. The normalized spacial score (nSPS) is 10.6. The number of nitrogens with one attached hydrogen (secondary N) is 1. The summed E-state index contributed by atoms with van der Waals surface area (Å²) in [5.41, 5.74) is 4.03. The van der Waals surface area contributed by atoms with E-state index >= 15 is 0 Å². The molecule has 0 atom stereocenters. The number of carbonyl (C=O) groups is 1. The molecule has 0 aromatic heterocycles. The summed E-state index contributed by atoms with van der Waals surface area (Å²) in [6.45, 7) is 0.376. The molecule has 8 nitrogen and oxygen atoms in total. The van der Waals surface area contributed by atoms with Crippen LogP contribution in [-0.4, -0.2) is 24.2 Å². The molecule has 0 saturated heterocycles. The van der Waals surface area contributed by atoms with Crippen LogP contribution in [0.3, 0.4) is 0 Å². The highest BCUT2D eigenvalue weighted by atomic mass is 16.6. The molecule has 0 radical (unpaired) electrons. The van der Waals surface area contributed by atoms with Crippen LogP contribution in [0.4, 0.5) is 5.69 Å². The highest BCUT2D eigenvalue weighted by molar-refractivity contribution is 5.95. The molecule has 152 valence electrons. The number of hydrogen-bond donors (Lipinski definition) is 1. The van der Waals surface area contributed by atoms with Crippen LogP contribution >= 0.6 is 0 Å². The zero-order valence-electron chi connectivity index (χ0n) is 16.1. The molecule has 8 heteroatoms. The third-order valence-electron chi connectivity index (χ3n) is 4.12. The van der Waals surface area contributed by atoms with Crippen LogP contribution in [0.15, 0.2) is 77.9 Å². The standard InChI is InChI=1S/C22H19N3O5/c1-29-20-11-10-17(12-21(20)30-15-16-6-3-2-4-7-16)14-23-24-22(26)18-8-5-9-19(13-18)25(27)28/h2-14H,15H2,1H3,(H,24,26)/b23-14-. The van der Waals surface area contributed by atoms with Crippen molar-refractivity contribution < 1.29 is 19.2 Å². The molecule has 0 saturated carbocycles. The first-order valence-corrected chi connectivity index (χ1v) is 8.99. The number of benzene rings is 3. The van der Waals surface area contributed by atoms with E-state index in [4.69, 9.17) is 9.47 Å². The van der Waals surface area contributed by atoms with E-state index in [-0.39, 0.29) is 11.3 Å². The summed E-state index contributed by atoms with van der Waals surface area (Å²) in [5.74, 6) is 0.558. The van der Waals surface area contributed by atoms with E-state index in [0.717, 1.165) is 5.56 Å². The highest BCUT2D eigenvalue weighted by Gasteiger charge is 2.11. The van der Waals surface area contributed by atoms with Gasteiger partial charge in [-0.2, -0.15) is 5.10 Å². The zero-order chi connectivity index (χ0) is 21.3. The van der Waals surface area contributed by atoms with Crippen molar-refractivity contribution in [1.29, 1.82) is 0 Å². The molecule has 0 aliphatic heterocycles. The molecule has 1 N–H and O–H groups in total. The Morgan fingerprint density at radius 2 is 1.87 bits per heavy atom. The molecular weight excluding hydrogens is 386 g/mol. The van der Waals surface area contributed by atoms with E-state index in [2.05, 4.69) is 10.5 Å². The Morgan fingerprint density at radius 3 is 2.60 bits per heavy atom. The lowest BCUT2D eigenvalue weighted by molar-refractivity contribution is -0.384. The number of non-ortho nitro benzene ring substituents is 1. The molecule has 0 bridgehead atoms. The first-order valence-electron chi connectivity index (χ1n) is 8.99. The molecule has 1 amide bonds. The van der Waals surface area contributed by atoms with Crippen molar-refractivity contribution in [2.45, 2.75) is 6.61 Å². The molecule has 0 unspecified atom stereocenters. The molecule has 0 heterocycles. The smallest absolute Gasteiger partial charge is 0.271 e. The second kappa shape index (κ2) is 9.83. The number of hydrogen-bond acceptors (Lipinski definition) is 6. The van der Waals surface area contributed by atoms with Gasteiger partial charge in [-0.1, -0.05) is 36.4 Å². The first kappa shape index (κ1) is 20.5. The Balaban J connectivity index is 1.67.